The zero-order valence-corrected chi connectivity index (χ0v) is 16.7. The summed E-state index contributed by atoms with van der Waals surface area (Å²) in [5.74, 6) is -0.183. The molecule has 5 heteroatoms. The summed E-state index contributed by atoms with van der Waals surface area (Å²) in [4.78, 5) is 2.49. The van der Waals surface area contributed by atoms with Gasteiger partial charge in [0, 0.05) is 31.3 Å². The zero-order chi connectivity index (χ0) is 19.0. The third-order valence-corrected chi connectivity index (χ3v) is 6.47. The highest BCUT2D eigenvalue weighted by Gasteiger charge is 2.45. The van der Waals surface area contributed by atoms with Gasteiger partial charge in [-0.1, -0.05) is 6.42 Å². The molecule has 27 heavy (non-hydrogen) atoms. The van der Waals surface area contributed by atoms with Crippen LogP contribution in [0.25, 0.3) is 5.69 Å². The molecule has 1 aliphatic carbocycles. The molecule has 0 N–H and O–H groups in total. The van der Waals surface area contributed by atoms with Gasteiger partial charge in [-0.05, 0) is 75.9 Å². The number of piperidine rings is 1. The van der Waals surface area contributed by atoms with Crippen molar-refractivity contribution >= 4 is 0 Å². The van der Waals surface area contributed by atoms with Crippen LogP contribution in [0.4, 0.5) is 4.39 Å². The van der Waals surface area contributed by atoms with E-state index in [1.54, 1.807) is 6.07 Å². The molecular formula is C22H30FN3O. The average molecular weight is 372 g/mol. The highest BCUT2D eigenvalue weighted by molar-refractivity contribution is 5.42. The topological polar surface area (TPSA) is 30.3 Å². The number of aromatic nitrogens is 2. The summed E-state index contributed by atoms with van der Waals surface area (Å²) in [6.07, 6.45) is 6.46. The van der Waals surface area contributed by atoms with Crippen LogP contribution < -0.4 is 0 Å². The molecule has 0 bridgehead atoms. The van der Waals surface area contributed by atoms with Crippen molar-refractivity contribution in [1.82, 2.24) is 14.7 Å². The molecule has 2 aromatic rings. The smallest absolute Gasteiger partial charge is 0.123 e. The number of ether oxygens (including phenoxy) is 1. The minimum atomic E-state index is -0.183. The van der Waals surface area contributed by atoms with E-state index >= 15 is 0 Å². The number of benzene rings is 1. The largest absolute Gasteiger partial charge is 0.381 e. The molecule has 0 unspecified atom stereocenters. The quantitative estimate of drug-likeness (QED) is 0.797. The lowest BCUT2D eigenvalue weighted by molar-refractivity contribution is -0.0366. The van der Waals surface area contributed by atoms with Crippen molar-refractivity contribution in [1.29, 1.82) is 0 Å². The van der Waals surface area contributed by atoms with Gasteiger partial charge in [-0.2, -0.15) is 5.10 Å². The molecule has 1 saturated heterocycles. The number of aryl methyl sites for hydroxylation is 2. The van der Waals surface area contributed by atoms with Gasteiger partial charge in [-0.15, -0.1) is 0 Å². The monoisotopic (exact) mass is 371 g/mol. The van der Waals surface area contributed by atoms with Gasteiger partial charge in [0.15, 0.2) is 0 Å². The molecule has 0 amide bonds. The second kappa shape index (κ2) is 7.36. The molecule has 146 valence electrons. The molecule has 4 nitrogen and oxygen atoms in total. The standard InChI is InChI=1S/C22H30FN3O/c1-16-12-17(2)26(24-16)20-8-7-19(23)13-18(20)14-25-11-5-10-22(15-25)9-4-6-21(22)27-3/h7-8,12-13,21H,4-6,9-11,14-15H2,1-3H3/t21-,22-/m1/s1. The van der Waals surface area contributed by atoms with Crippen molar-refractivity contribution in [2.45, 2.75) is 58.6 Å². The van der Waals surface area contributed by atoms with Gasteiger partial charge < -0.3 is 4.74 Å². The first kappa shape index (κ1) is 18.6. The number of hydrogen-bond donors (Lipinski definition) is 0. The maximum Gasteiger partial charge on any atom is 0.123 e. The number of hydrogen-bond acceptors (Lipinski definition) is 3. The van der Waals surface area contributed by atoms with Gasteiger partial charge in [0.25, 0.3) is 0 Å². The lowest BCUT2D eigenvalue weighted by atomic mass is 9.76. The molecule has 4 rings (SSSR count). The first-order valence-electron chi connectivity index (χ1n) is 10.1. The molecule has 1 aliphatic heterocycles. The van der Waals surface area contributed by atoms with E-state index in [0.717, 1.165) is 42.3 Å². The molecule has 1 aromatic carbocycles. The molecule has 1 aromatic heterocycles. The number of rotatable bonds is 4. The predicted octanol–water partition coefficient (Wildman–Crippen LogP) is 4.41. The molecule has 2 atom stereocenters. The predicted molar refractivity (Wildman–Crippen MR) is 105 cm³/mol. The van der Waals surface area contributed by atoms with Gasteiger partial charge in [-0.25, -0.2) is 9.07 Å². The van der Waals surface area contributed by atoms with E-state index in [1.807, 2.05) is 31.7 Å². The fraction of sp³-hybridized carbons (Fsp3) is 0.591. The Morgan fingerprint density at radius 2 is 2.04 bits per heavy atom. The maximum atomic E-state index is 14.1. The first-order valence-corrected chi connectivity index (χ1v) is 10.1. The summed E-state index contributed by atoms with van der Waals surface area (Å²) >= 11 is 0. The molecule has 0 radical (unpaired) electrons. The Hall–Kier alpha value is -1.72. The van der Waals surface area contributed by atoms with Crippen LogP contribution in [-0.2, 0) is 11.3 Å². The Kier molecular flexibility index (Phi) is 5.08. The lowest BCUT2D eigenvalue weighted by Crippen LogP contribution is -2.47. The van der Waals surface area contributed by atoms with Crippen molar-refractivity contribution in [3.05, 3.63) is 47.0 Å². The van der Waals surface area contributed by atoms with Gasteiger partial charge in [0.2, 0.25) is 0 Å². The van der Waals surface area contributed by atoms with E-state index in [0.29, 0.717) is 6.10 Å². The second-order valence-corrected chi connectivity index (χ2v) is 8.41. The molecule has 2 heterocycles. The molecule has 2 fully saturated rings. The third kappa shape index (κ3) is 3.55. The van der Waals surface area contributed by atoms with E-state index in [9.17, 15) is 4.39 Å². The van der Waals surface area contributed by atoms with Gasteiger partial charge in [-0.3, -0.25) is 4.90 Å². The maximum absolute atomic E-state index is 14.1. The SMILES string of the molecule is CO[C@@H]1CCC[C@]12CCCN(Cc1cc(F)ccc1-n1nc(C)cc1C)C2. The molecule has 2 aliphatic rings. The van der Waals surface area contributed by atoms with Crippen LogP contribution >= 0.6 is 0 Å². The lowest BCUT2D eigenvalue weighted by Gasteiger charge is -2.44. The minimum absolute atomic E-state index is 0.183. The third-order valence-electron chi connectivity index (χ3n) is 6.47. The van der Waals surface area contributed by atoms with E-state index in [4.69, 9.17) is 4.74 Å². The zero-order valence-electron chi connectivity index (χ0n) is 16.7. The van der Waals surface area contributed by atoms with E-state index in [2.05, 4.69) is 16.1 Å². The van der Waals surface area contributed by atoms with Crippen molar-refractivity contribution < 1.29 is 9.13 Å². The summed E-state index contributed by atoms with van der Waals surface area (Å²) in [5, 5.41) is 4.62. The Labute approximate surface area is 161 Å². The van der Waals surface area contributed by atoms with Crippen molar-refractivity contribution in [2.24, 2.45) is 5.41 Å². The van der Waals surface area contributed by atoms with Crippen LogP contribution in [0.5, 0.6) is 0 Å². The van der Waals surface area contributed by atoms with Crippen molar-refractivity contribution in [3.8, 4) is 5.69 Å². The summed E-state index contributed by atoms with van der Waals surface area (Å²) in [6.45, 7) is 6.89. The fourth-order valence-electron chi connectivity index (χ4n) is 5.34. The molecular weight excluding hydrogens is 341 g/mol. The van der Waals surface area contributed by atoms with Crippen LogP contribution in [0.2, 0.25) is 0 Å². The average Bonchev–Trinajstić information content (AvgIpc) is 3.17. The summed E-state index contributed by atoms with van der Waals surface area (Å²) in [6, 6.07) is 7.13. The Bertz CT molecular complexity index is 818. The summed E-state index contributed by atoms with van der Waals surface area (Å²) in [5.41, 5.74) is 4.32. The Morgan fingerprint density at radius 1 is 1.22 bits per heavy atom. The molecule has 1 spiro atoms. The number of nitrogens with zero attached hydrogens (tertiary/aromatic N) is 3. The highest BCUT2D eigenvalue weighted by atomic mass is 19.1. The molecule has 1 saturated carbocycles. The highest BCUT2D eigenvalue weighted by Crippen LogP contribution is 2.46. The number of methoxy groups -OCH3 is 1. The van der Waals surface area contributed by atoms with Crippen molar-refractivity contribution in [2.75, 3.05) is 20.2 Å². The normalized spacial score (nSPS) is 26.1. The van der Waals surface area contributed by atoms with E-state index < -0.39 is 0 Å². The second-order valence-electron chi connectivity index (χ2n) is 8.41. The van der Waals surface area contributed by atoms with Gasteiger partial charge >= 0.3 is 0 Å². The van der Waals surface area contributed by atoms with Crippen molar-refractivity contribution in [3.63, 3.8) is 0 Å². The van der Waals surface area contributed by atoms with E-state index in [-0.39, 0.29) is 11.2 Å². The summed E-state index contributed by atoms with van der Waals surface area (Å²) < 4.78 is 21.8. The first-order chi connectivity index (χ1) is 13.0. The fourth-order valence-corrected chi connectivity index (χ4v) is 5.34. The van der Waals surface area contributed by atoms with Crippen LogP contribution in [0, 0.1) is 25.1 Å². The van der Waals surface area contributed by atoms with Crippen LogP contribution in [-0.4, -0.2) is 41.0 Å². The van der Waals surface area contributed by atoms with Gasteiger partial charge in [0.1, 0.15) is 5.82 Å². The minimum Gasteiger partial charge on any atom is -0.381 e. The van der Waals surface area contributed by atoms with Crippen LogP contribution in [0.3, 0.4) is 0 Å². The number of likely N-dealkylation sites (tertiary alicyclic amines) is 1. The van der Waals surface area contributed by atoms with Crippen LogP contribution in [0.1, 0.15) is 49.1 Å². The van der Waals surface area contributed by atoms with E-state index in [1.165, 1.54) is 38.2 Å². The number of halogens is 1. The van der Waals surface area contributed by atoms with Crippen LogP contribution in [0.15, 0.2) is 24.3 Å². The van der Waals surface area contributed by atoms with Gasteiger partial charge in [0.05, 0.1) is 17.5 Å². The Morgan fingerprint density at radius 3 is 2.78 bits per heavy atom. The Balaban J connectivity index is 1.61. The summed E-state index contributed by atoms with van der Waals surface area (Å²) in [7, 11) is 1.85.